The number of nitrogens with zero attached hydrogens (tertiary/aromatic N) is 3. The van der Waals surface area contributed by atoms with E-state index in [0.29, 0.717) is 13.1 Å². The molecule has 1 aliphatic heterocycles. The molecule has 0 radical (unpaired) electrons. The van der Waals surface area contributed by atoms with Crippen molar-refractivity contribution in [3.63, 3.8) is 0 Å². The number of hydrogen-bond acceptors (Lipinski definition) is 4. The fraction of sp³-hybridized carbons (Fsp3) is 0.632. The second kappa shape index (κ2) is 8.15. The normalized spacial score (nSPS) is 17.4. The summed E-state index contributed by atoms with van der Waals surface area (Å²) in [7, 11) is 1.85. The summed E-state index contributed by atoms with van der Waals surface area (Å²) in [6, 6.07) is 6.45. The maximum Gasteiger partial charge on any atom is 0.239 e. The molecule has 1 aliphatic rings. The van der Waals surface area contributed by atoms with Crippen LogP contribution in [0.25, 0.3) is 0 Å². The van der Waals surface area contributed by atoms with Crippen LogP contribution in [0.1, 0.15) is 20.8 Å². The molecule has 1 unspecified atom stereocenters. The average molecular weight is 350 g/mol. The second-order valence-electron chi connectivity index (χ2n) is 7.74. The van der Waals surface area contributed by atoms with Crippen LogP contribution >= 0.6 is 0 Å². The average Bonchev–Trinajstić information content (AvgIpc) is 2.61. The van der Waals surface area contributed by atoms with E-state index < -0.39 is 0 Å². The van der Waals surface area contributed by atoms with Gasteiger partial charge in [0, 0.05) is 45.5 Å². The molecule has 0 bridgehead atoms. The summed E-state index contributed by atoms with van der Waals surface area (Å²) in [6.45, 7) is 10.6. The second-order valence-corrected chi connectivity index (χ2v) is 7.74. The Morgan fingerprint density at radius 2 is 1.80 bits per heavy atom. The van der Waals surface area contributed by atoms with E-state index in [1.54, 1.807) is 4.90 Å². The third kappa shape index (κ3) is 5.16. The van der Waals surface area contributed by atoms with Crippen molar-refractivity contribution in [1.29, 1.82) is 0 Å². The van der Waals surface area contributed by atoms with Gasteiger partial charge in [-0.1, -0.05) is 13.8 Å². The highest BCUT2D eigenvalue weighted by Gasteiger charge is 2.29. The Morgan fingerprint density at radius 3 is 2.32 bits per heavy atom. The minimum Gasteiger partial charge on any atom is -0.369 e. The first-order valence-corrected chi connectivity index (χ1v) is 8.93. The van der Waals surface area contributed by atoms with E-state index >= 15 is 0 Å². The van der Waals surface area contributed by atoms with Gasteiger partial charge in [-0.2, -0.15) is 0 Å². The Kier molecular flexibility index (Phi) is 6.41. The number of likely N-dealkylation sites (N-methyl/N-ethyl adjacent to an activating group) is 1. The minimum absolute atomic E-state index is 0.0780. The zero-order chi connectivity index (χ0) is 18.6. The van der Waals surface area contributed by atoms with E-state index in [0.717, 1.165) is 31.9 Å². The number of piperazine rings is 1. The third-order valence-electron chi connectivity index (χ3n) is 5.01. The van der Waals surface area contributed by atoms with Gasteiger partial charge in [0.25, 0.3) is 0 Å². The van der Waals surface area contributed by atoms with Crippen LogP contribution in [0, 0.1) is 11.2 Å². The van der Waals surface area contributed by atoms with Crippen LogP contribution in [-0.2, 0) is 4.79 Å². The molecule has 25 heavy (non-hydrogen) atoms. The summed E-state index contributed by atoms with van der Waals surface area (Å²) in [5.74, 6) is -0.0817. The maximum atomic E-state index is 13.1. The Labute approximate surface area is 150 Å². The predicted octanol–water partition coefficient (Wildman–Crippen LogP) is 1.78. The van der Waals surface area contributed by atoms with E-state index in [-0.39, 0.29) is 23.2 Å². The van der Waals surface area contributed by atoms with Crippen LogP contribution in [0.3, 0.4) is 0 Å². The lowest BCUT2D eigenvalue weighted by Gasteiger charge is -2.40. The van der Waals surface area contributed by atoms with Crippen molar-refractivity contribution >= 4 is 11.6 Å². The summed E-state index contributed by atoms with van der Waals surface area (Å²) in [5.41, 5.74) is 6.73. The molecular formula is C19H31FN4O. The number of benzene rings is 1. The van der Waals surface area contributed by atoms with Gasteiger partial charge >= 0.3 is 0 Å². The van der Waals surface area contributed by atoms with Crippen molar-refractivity contribution in [2.75, 3.05) is 51.2 Å². The highest BCUT2D eigenvalue weighted by Crippen LogP contribution is 2.19. The van der Waals surface area contributed by atoms with Gasteiger partial charge in [-0.3, -0.25) is 9.69 Å². The van der Waals surface area contributed by atoms with Crippen molar-refractivity contribution in [1.82, 2.24) is 9.80 Å². The van der Waals surface area contributed by atoms with Crippen LogP contribution in [0.5, 0.6) is 0 Å². The summed E-state index contributed by atoms with van der Waals surface area (Å²) >= 11 is 0. The number of nitrogens with two attached hydrogens (primary N) is 1. The van der Waals surface area contributed by atoms with Gasteiger partial charge in [-0.05, 0) is 43.1 Å². The predicted molar refractivity (Wildman–Crippen MR) is 100 cm³/mol. The minimum atomic E-state index is -0.218. The van der Waals surface area contributed by atoms with E-state index in [1.807, 2.05) is 26.1 Å². The number of halogens is 1. The first-order valence-electron chi connectivity index (χ1n) is 8.93. The van der Waals surface area contributed by atoms with Gasteiger partial charge in [-0.15, -0.1) is 0 Å². The summed E-state index contributed by atoms with van der Waals surface area (Å²) < 4.78 is 13.1. The molecule has 1 aromatic rings. The Morgan fingerprint density at radius 1 is 1.24 bits per heavy atom. The van der Waals surface area contributed by atoms with Gasteiger partial charge < -0.3 is 15.5 Å². The van der Waals surface area contributed by atoms with Crippen molar-refractivity contribution < 1.29 is 9.18 Å². The number of amides is 1. The summed E-state index contributed by atoms with van der Waals surface area (Å²) in [5, 5.41) is 0. The number of anilines is 1. The molecule has 6 heteroatoms. The van der Waals surface area contributed by atoms with E-state index in [9.17, 15) is 9.18 Å². The van der Waals surface area contributed by atoms with Crippen LogP contribution in [0.4, 0.5) is 10.1 Å². The fourth-order valence-electron chi connectivity index (χ4n) is 3.28. The topological polar surface area (TPSA) is 52.8 Å². The molecule has 1 fully saturated rings. The zero-order valence-corrected chi connectivity index (χ0v) is 15.8. The molecule has 2 rings (SSSR count). The fourth-order valence-corrected chi connectivity index (χ4v) is 3.28. The highest BCUT2D eigenvalue weighted by molar-refractivity contribution is 5.81. The lowest BCUT2D eigenvalue weighted by atomic mass is 9.93. The Bertz CT molecular complexity index is 567. The first-order chi connectivity index (χ1) is 11.7. The van der Waals surface area contributed by atoms with Crippen molar-refractivity contribution in [3.05, 3.63) is 30.1 Å². The van der Waals surface area contributed by atoms with Crippen LogP contribution in [0.15, 0.2) is 24.3 Å². The monoisotopic (exact) mass is 350 g/mol. The quantitative estimate of drug-likeness (QED) is 0.850. The van der Waals surface area contributed by atoms with Crippen LogP contribution < -0.4 is 10.6 Å². The summed E-state index contributed by atoms with van der Waals surface area (Å²) in [4.78, 5) is 19.0. The maximum absolute atomic E-state index is 13.1. The lowest BCUT2D eigenvalue weighted by molar-refractivity contribution is -0.136. The molecule has 1 atom stereocenters. The van der Waals surface area contributed by atoms with Crippen molar-refractivity contribution in [2.24, 2.45) is 11.1 Å². The Hall–Kier alpha value is -1.66. The third-order valence-corrected chi connectivity index (χ3v) is 5.01. The van der Waals surface area contributed by atoms with E-state index in [2.05, 4.69) is 23.6 Å². The van der Waals surface area contributed by atoms with E-state index in [4.69, 9.17) is 5.73 Å². The van der Waals surface area contributed by atoms with Crippen LogP contribution in [0.2, 0.25) is 0 Å². The number of rotatable bonds is 6. The van der Waals surface area contributed by atoms with Crippen LogP contribution in [-0.4, -0.2) is 68.1 Å². The molecule has 2 N–H and O–H groups in total. The molecular weight excluding hydrogens is 319 g/mol. The molecule has 0 aliphatic carbocycles. The molecule has 1 amide bonds. The zero-order valence-electron chi connectivity index (χ0n) is 15.8. The van der Waals surface area contributed by atoms with Crippen molar-refractivity contribution in [2.45, 2.75) is 26.8 Å². The van der Waals surface area contributed by atoms with Gasteiger partial charge in [0.05, 0.1) is 6.04 Å². The van der Waals surface area contributed by atoms with Gasteiger partial charge in [0.15, 0.2) is 0 Å². The smallest absolute Gasteiger partial charge is 0.239 e. The largest absolute Gasteiger partial charge is 0.369 e. The Balaban J connectivity index is 1.88. The standard InChI is InChI=1S/C19H31FN4O/c1-15(18(25)22(4)14-19(2,3)13-21)23-9-11-24(12-10-23)17-7-5-16(20)6-8-17/h5-8,15H,9-14,21H2,1-4H3. The molecule has 140 valence electrons. The number of carbonyl (C=O) groups excluding carboxylic acids is 1. The molecule has 0 saturated carbocycles. The lowest BCUT2D eigenvalue weighted by Crippen LogP contribution is -2.55. The summed E-state index contributed by atoms with van der Waals surface area (Å²) in [6.07, 6.45) is 0. The molecule has 1 aromatic carbocycles. The van der Waals surface area contributed by atoms with Gasteiger partial charge in [-0.25, -0.2) is 4.39 Å². The molecule has 0 aromatic heterocycles. The highest BCUT2D eigenvalue weighted by atomic mass is 19.1. The van der Waals surface area contributed by atoms with Gasteiger partial charge in [0.2, 0.25) is 5.91 Å². The molecule has 5 nitrogen and oxygen atoms in total. The molecule has 0 spiro atoms. The SMILES string of the molecule is CC(C(=O)N(C)CC(C)(C)CN)N1CCN(c2ccc(F)cc2)CC1. The molecule has 1 heterocycles. The first kappa shape index (κ1) is 19.7. The number of hydrogen-bond donors (Lipinski definition) is 1. The number of carbonyl (C=O) groups is 1. The van der Waals surface area contributed by atoms with E-state index in [1.165, 1.54) is 12.1 Å². The van der Waals surface area contributed by atoms with Crippen molar-refractivity contribution in [3.8, 4) is 0 Å². The van der Waals surface area contributed by atoms with Gasteiger partial charge in [0.1, 0.15) is 5.82 Å². The molecule has 1 saturated heterocycles.